The zero-order chi connectivity index (χ0) is 37.5. The number of thiophene rings is 1. The number of benzene rings is 8. The van der Waals surface area contributed by atoms with Crippen molar-refractivity contribution in [2.75, 3.05) is 0 Å². The normalized spacial score (nSPS) is 17.4. The van der Waals surface area contributed by atoms with Crippen molar-refractivity contribution in [3.63, 3.8) is 0 Å². The molecule has 2 N–H and O–H groups in total. The van der Waals surface area contributed by atoms with Crippen LogP contribution in [0.25, 0.3) is 86.0 Å². The zero-order valence-electron chi connectivity index (χ0n) is 30.8. The maximum Gasteiger partial charge on any atom is 0.143 e. The van der Waals surface area contributed by atoms with Gasteiger partial charge in [0, 0.05) is 53.0 Å². The van der Waals surface area contributed by atoms with Gasteiger partial charge in [0.1, 0.15) is 11.2 Å². The van der Waals surface area contributed by atoms with Crippen LogP contribution >= 0.6 is 11.3 Å². The summed E-state index contributed by atoms with van der Waals surface area (Å²) in [5.74, 6) is 0. The largest absolute Gasteiger partial charge is 0.624 e. The van der Waals surface area contributed by atoms with Gasteiger partial charge in [0.05, 0.1) is 17.2 Å². The van der Waals surface area contributed by atoms with Crippen molar-refractivity contribution in [1.29, 1.82) is 0 Å². The van der Waals surface area contributed by atoms with Gasteiger partial charge in [-0.3, -0.25) is 0 Å². The van der Waals surface area contributed by atoms with Crippen molar-refractivity contribution >= 4 is 75.3 Å². The predicted molar refractivity (Wildman–Crippen MR) is 237 cm³/mol. The fourth-order valence-electron chi connectivity index (χ4n) is 9.03. The van der Waals surface area contributed by atoms with E-state index in [0.29, 0.717) is 0 Å². The number of furan rings is 1. The molecular weight excluding hydrogens is 717 g/mol. The minimum Gasteiger partial charge on any atom is -0.624 e. The number of aromatic nitrogens is 1. The van der Waals surface area contributed by atoms with E-state index in [4.69, 9.17) is 9.73 Å². The van der Waals surface area contributed by atoms with Crippen LogP contribution in [0.15, 0.2) is 186 Å². The second-order valence-electron chi connectivity index (χ2n) is 14.9. The second kappa shape index (κ2) is 13.0. The molecule has 5 nitrogen and oxygen atoms in total. The van der Waals surface area contributed by atoms with Crippen LogP contribution in [0.2, 0.25) is 0 Å². The van der Waals surface area contributed by atoms with Gasteiger partial charge in [0.2, 0.25) is 0 Å². The van der Waals surface area contributed by atoms with Crippen LogP contribution in [0.5, 0.6) is 0 Å². The first kappa shape index (κ1) is 32.7. The molecule has 3 aromatic heterocycles. The Morgan fingerprint density at radius 3 is 1.88 bits per heavy atom. The number of hydrogen-bond donors (Lipinski definition) is 2. The lowest BCUT2D eigenvalue weighted by Crippen LogP contribution is -2.44. The molecule has 12 rings (SSSR count). The Balaban J connectivity index is 0.956. The summed E-state index contributed by atoms with van der Waals surface area (Å²) in [6.07, 6.45) is -0.541. The highest BCUT2D eigenvalue weighted by Gasteiger charge is 2.26. The highest BCUT2D eigenvalue weighted by molar-refractivity contribution is 7.25. The van der Waals surface area contributed by atoms with E-state index < -0.39 is 0 Å². The van der Waals surface area contributed by atoms with E-state index in [-0.39, 0.29) is 18.5 Å². The van der Waals surface area contributed by atoms with E-state index in [1.807, 2.05) is 11.3 Å². The van der Waals surface area contributed by atoms with Crippen molar-refractivity contribution in [1.82, 2.24) is 15.2 Å². The smallest absolute Gasteiger partial charge is 0.143 e. The summed E-state index contributed by atoms with van der Waals surface area (Å²) in [5.41, 5.74) is 11.0. The first-order chi connectivity index (χ1) is 28.2. The van der Waals surface area contributed by atoms with E-state index in [9.17, 15) is 0 Å². The summed E-state index contributed by atoms with van der Waals surface area (Å²) in [6, 6.07) is 65.1. The van der Waals surface area contributed by atoms with Crippen LogP contribution in [0.1, 0.15) is 35.2 Å². The maximum absolute atomic E-state index is 6.82. The number of hydrogen-bond acceptors (Lipinski definition) is 4. The zero-order valence-corrected chi connectivity index (χ0v) is 31.6. The summed E-state index contributed by atoms with van der Waals surface area (Å²) in [7, 11) is 0. The molecule has 0 amide bonds. The Bertz CT molecular complexity index is 3210. The minimum absolute atomic E-state index is 0.174. The Morgan fingerprint density at radius 2 is 1.16 bits per heavy atom. The molecule has 0 spiro atoms. The van der Waals surface area contributed by atoms with Crippen LogP contribution in [-0.2, 0) is 0 Å². The van der Waals surface area contributed by atoms with Crippen LogP contribution in [-0.4, -0.2) is 4.57 Å². The van der Waals surface area contributed by atoms with Crippen molar-refractivity contribution in [3.8, 4) is 16.8 Å². The van der Waals surface area contributed by atoms with Gasteiger partial charge < -0.3 is 24.9 Å². The van der Waals surface area contributed by atoms with E-state index in [1.54, 1.807) is 0 Å². The highest BCUT2D eigenvalue weighted by Crippen LogP contribution is 2.44. The fraction of sp³-hybridized carbons (Fsp3) is 0.0588. The van der Waals surface area contributed by atoms with Crippen molar-refractivity contribution in [2.24, 2.45) is 0 Å². The predicted octanol–water partition coefficient (Wildman–Crippen LogP) is 13.7. The Hall–Kier alpha value is -6.54. The summed E-state index contributed by atoms with van der Waals surface area (Å²) >= 11 is 1.85. The van der Waals surface area contributed by atoms with E-state index in [1.165, 1.54) is 47.7 Å². The third kappa shape index (κ3) is 5.27. The molecule has 1 aliphatic rings. The van der Waals surface area contributed by atoms with Gasteiger partial charge >= 0.3 is 0 Å². The average molecular weight is 752 g/mol. The molecule has 1 aliphatic heterocycles. The third-order valence-electron chi connectivity index (χ3n) is 11.6. The molecule has 4 heterocycles. The summed E-state index contributed by atoms with van der Waals surface area (Å²) < 4.78 is 11.8. The summed E-state index contributed by atoms with van der Waals surface area (Å²) in [4.78, 5) is 0. The lowest BCUT2D eigenvalue weighted by atomic mass is 9.97. The molecule has 11 aromatic rings. The molecule has 0 radical (unpaired) electrons. The highest BCUT2D eigenvalue weighted by atomic mass is 32.1. The molecule has 1 saturated heterocycles. The van der Waals surface area contributed by atoms with Gasteiger partial charge in [0.15, 0.2) is 0 Å². The molecule has 0 aliphatic carbocycles. The van der Waals surface area contributed by atoms with Gasteiger partial charge in [-0.2, -0.15) is 0 Å². The summed E-state index contributed by atoms with van der Waals surface area (Å²) in [5, 5.41) is 20.1. The van der Waals surface area contributed by atoms with Gasteiger partial charge in [-0.25, -0.2) is 0 Å². The first-order valence-corrected chi connectivity index (χ1v) is 20.3. The fourth-order valence-corrected chi connectivity index (χ4v) is 10.1. The Kier molecular flexibility index (Phi) is 7.46. The lowest BCUT2D eigenvalue weighted by molar-refractivity contribution is 0.318. The SMILES string of the molecule is c1ccc(C2[N-]C(c3ccccc3)NC(c3cccc4oc5c(-c6ccc7sc8cc(-n9c%10ccccc%10c%10ccccc%109)ccc8c7c6)cccc5c34)N2)cc1. The lowest BCUT2D eigenvalue weighted by Gasteiger charge is -2.50. The van der Waals surface area contributed by atoms with Gasteiger partial charge in [-0.1, -0.05) is 163 Å². The Morgan fingerprint density at radius 1 is 0.509 bits per heavy atom. The van der Waals surface area contributed by atoms with Crippen molar-refractivity contribution in [3.05, 3.63) is 204 Å². The maximum atomic E-state index is 6.82. The van der Waals surface area contributed by atoms with Gasteiger partial charge in [0.25, 0.3) is 0 Å². The molecule has 0 saturated carbocycles. The summed E-state index contributed by atoms with van der Waals surface area (Å²) in [6.45, 7) is 0. The molecule has 2 unspecified atom stereocenters. The number of para-hydroxylation sites is 3. The molecular formula is C51H35N4OS-. The van der Waals surface area contributed by atoms with Gasteiger partial charge in [-0.05, 0) is 53.6 Å². The van der Waals surface area contributed by atoms with Crippen molar-refractivity contribution in [2.45, 2.75) is 18.5 Å². The molecule has 2 atom stereocenters. The van der Waals surface area contributed by atoms with Crippen LogP contribution in [0.4, 0.5) is 0 Å². The second-order valence-corrected chi connectivity index (χ2v) is 16.0. The molecule has 6 heteroatoms. The van der Waals surface area contributed by atoms with Crippen LogP contribution in [0, 0.1) is 0 Å². The number of fused-ring (bicyclic) bond motifs is 9. The number of nitrogens with one attached hydrogen (secondary N) is 2. The van der Waals surface area contributed by atoms with Crippen LogP contribution < -0.4 is 10.6 Å². The molecule has 8 aromatic carbocycles. The van der Waals surface area contributed by atoms with E-state index in [2.05, 4.69) is 197 Å². The first-order valence-electron chi connectivity index (χ1n) is 19.5. The van der Waals surface area contributed by atoms with E-state index in [0.717, 1.165) is 49.8 Å². The Labute approximate surface area is 332 Å². The number of rotatable bonds is 5. The molecule has 57 heavy (non-hydrogen) atoms. The number of nitrogens with zero attached hydrogens (tertiary/aromatic N) is 2. The van der Waals surface area contributed by atoms with E-state index >= 15 is 0 Å². The topological polar surface area (TPSA) is 56.2 Å². The molecule has 1 fully saturated rings. The standard InChI is InChI=1S/C51H35N4OS/c1-3-13-31(14-4-1)49-52-50(32-15-5-2-6-16-32)54-51(53-49)40-21-12-24-44-47(40)39-20-11-19-35(48(39)56-44)33-25-28-45-41(29-33)38-27-26-34(30-46(38)57-45)55-42-22-9-7-17-36(42)37-18-8-10-23-43(37)55/h1-30,49-51,53-54H/q-1. The van der Waals surface area contributed by atoms with Gasteiger partial charge in [-0.15, -0.1) is 11.3 Å². The monoisotopic (exact) mass is 751 g/mol. The quantitative estimate of drug-likeness (QED) is 0.184. The average Bonchev–Trinajstić information content (AvgIpc) is 3.96. The van der Waals surface area contributed by atoms with Crippen LogP contribution in [0.3, 0.4) is 0 Å². The minimum atomic E-state index is -0.183. The molecule has 272 valence electrons. The molecule has 0 bridgehead atoms. The van der Waals surface area contributed by atoms with Crippen molar-refractivity contribution < 1.29 is 4.42 Å². The third-order valence-corrected chi connectivity index (χ3v) is 12.8.